The Morgan fingerprint density at radius 2 is 1.86 bits per heavy atom. The van der Waals surface area contributed by atoms with Crippen LogP contribution in [0.5, 0.6) is 0 Å². The van der Waals surface area contributed by atoms with Gasteiger partial charge in [0.05, 0.1) is 12.7 Å². The van der Waals surface area contributed by atoms with Gasteiger partial charge in [0.25, 0.3) is 0 Å². The molecule has 0 radical (unpaired) electrons. The monoisotopic (exact) mass is 293 g/mol. The van der Waals surface area contributed by atoms with Crippen LogP contribution in [0, 0.1) is 26.2 Å². The molecule has 118 valence electrons. The number of aryl methyl sites for hydroxylation is 2. The SMILES string of the molecule is CCC[C@]1(CO)CCN(c2nc(C)c(C)c(C)n2)C[C@H]1O. The number of aliphatic hydroxyl groups is 2. The summed E-state index contributed by atoms with van der Waals surface area (Å²) in [6.45, 7) is 9.40. The molecule has 0 unspecified atom stereocenters. The quantitative estimate of drug-likeness (QED) is 0.885. The summed E-state index contributed by atoms with van der Waals surface area (Å²) in [6.07, 6.45) is 2.05. The van der Waals surface area contributed by atoms with Crippen molar-refractivity contribution in [2.24, 2.45) is 5.41 Å². The minimum Gasteiger partial charge on any atom is -0.396 e. The molecule has 0 saturated carbocycles. The molecular formula is C16H27N3O2. The number of piperidine rings is 1. The summed E-state index contributed by atoms with van der Waals surface area (Å²) < 4.78 is 0. The number of aliphatic hydroxyl groups excluding tert-OH is 2. The fourth-order valence-electron chi connectivity index (χ4n) is 3.15. The third-order valence-corrected chi connectivity index (χ3v) is 4.95. The molecule has 1 aliphatic rings. The van der Waals surface area contributed by atoms with E-state index in [2.05, 4.69) is 16.9 Å². The van der Waals surface area contributed by atoms with Crippen LogP contribution >= 0.6 is 0 Å². The second-order valence-corrected chi connectivity index (χ2v) is 6.30. The third-order valence-electron chi connectivity index (χ3n) is 4.95. The highest BCUT2D eigenvalue weighted by molar-refractivity contribution is 5.37. The lowest BCUT2D eigenvalue weighted by Crippen LogP contribution is -2.53. The number of nitrogens with zero attached hydrogens (tertiary/aromatic N) is 3. The normalized spacial score (nSPS) is 26.2. The molecule has 1 aliphatic heterocycles. The zero-order valence-corrected chi connectivity index (χ0v) is 13.6. The fraction of sp³-hybridized carbons (Fsp3) is 0.750. The van der Waals surface area contributed by atoms with Crippen LogP contribution in [-0.2, 0) is 0 Å². The Balaban J connectivity index is 2.19. The second kappa shape index (κ2) is 6.28. The summed E-state index contributed by atoms with van der Waals surface area (Å²) >= 11 is 0. The maximum Gasteiger partial charge on any atom is 0.225 e. The highest BCUT2D eigenvalue weighted by Gasteiger charge is 2.41. The van der Waals surface area contributed by atoms with Crippen LogP contribution < -0.4 is 4.90 Å². The smallest absolute Gasteiger partial charge is 0.225 e. The number of aromatic nitrogens is 2. The van der Waals surface area contributed by atoms with Gasteiger partial charge in [-0.1, -0.05) is 13.3 Å². The number of β-amino-alcohol motifs (C(OH)–C–C–N with tert-alkyl or cyclic N) is 1. The van der Waals surface area contributed by atoms with Gasteiger partial charge in [0.1, 0.15) is 0 Å². The molecule has 0 aliphatic carbocycles. The summed E-state index contributed by atoms with van der Waals surface area (Å²) in [5, 5.41) is 20.2. The van der Waals surface area contributed by atoms with E-state index in [0.29, 0.717) is 12.5 Å². The van der Waals surface area contributed by atoms with E-state index in [1.54, 1.807) is 0 Å². The van der Waals surface area contributed by atoms with Crippen molar-refractivity contribution in [3.8, 4) is 0 Å². The van der Waals surface area contributed by atoms with Crippen LogP contribution in [0.15, 0.2) is 0 Å². The average molecular weight is 293 g/mol. The van der Waals surface area contributed by atoms with E-state index < -0.39 is 6.10 Å². The summed E-state index contributed by atoms with van der Waals surface area (Å²) in [5.41, 5.74) is 2.73. The van der Waals surface area contributed by atoms with Crippen LogP contribution in [0.4, 0.5) is 5.95 Å². The van der Waals surface area contributed by atoms with E-state index in [1.807, 2.05) is 25.7 Å². The van der Waals surface area contributed by atoms with Gasteiger partial charge in [0, 0.05) is 29.9 Å². The second-order valence-electron chi connectivity index (χ2n) is 6.30. The first-order valence-electron chi connectivity index (χ1n) is 7.79. The van der Waals surface area contributed by atoms with Crippen LogP contribution in [0.2, 0.25) is 0 Å². The molecule has 0 spiro atoms. The highest BCUT2D eigenvalue weighted by atomic mass is 16.3. The number of hydrogen-bond donors (Lipinski definition) is 2. The van der Waals surface area contributed by atoms with Crippen LogP contribution in [0.3, 0.4) is 0 Å². The van der Waals surface area contributed by atoms with E-state index in [4.69, 9.17) is 0 Å². The van der Waals surface area contributed by atoms with Gasteiger partial charge >= 0.3 is 0 Å². The van der Waals surface area contributed by atoms with Crippen LogP contribution in [-0.4, -0.2) is 46.0 Å². The summed E-state index contributed by atoms with van der Waals surface area (Å²) in [7, 11) is 0. The van der Waals surface area contributed by atoms with Crippen molar-refractivity contribution in [1.82, 2.24) is 9.97 Å². The lowest BCUT2D eigenvalue weighted by atomic mass is 9.73. The van der Waals surface area contributed by atoms with Crippen molar-refractivity contribution in [3.05, 3.63) is 17.0 Å². The summed E-state index contributed by atoms with van der Waals surface area (Å²) in [6, 6.07) is 0. The Hall–Kier alpha value is -1.20. The molecular weight excluding hydrogens is 266 g/mol. The van der Waals surface area contributed by atoms with Crippen molar-refractivity contribution in [2.75, 3.05) is 24.6 Å². The highest BCUT2D eigenvalue weighted by Crippen LogP contribution is 2.36. The lowest BCUT2D eigenvalue weighted by Gasteiger charge is -2.44. The van der Waals surface area contributed by atoms with Gasteiger partial charge in [-0.3, -0.25) is 0 Å². The van der Waals surface area contributed by atoms with Crippen molar-refractivity contribution in [1.29, 1.82) is 0 Å². The zero-order chi connectivity index (χ0) is 15.6. The topological polar surface area (TPSA) is 69.5 Å². The molecule has 2 N–H and O–H groups in total. The van der Waals surface area contributed by atoms with E-state index in [1.165, 1.54) is 0 Å². The van der Waals surface area contributed by atoms with Gasteiger partial charge in [-0.2, -0.15) is 0 Å². The molecule has 21 heavy (non-hydrogen) atoms. The zero-order valence-electron chi connectivity index (χ0n) is 13.6. The van der Waals surface area contributed by atoms with Crippen molar-refractivity contribution in [3.63, 3.8) is 0 Å². The van der Waals surface area contributed by atoms with Gasteiger partial charge in [-0.25, -0.2) is 9.97 Å². The molecule has 0 amide bonds. The molecule has 2 rings (SSSR count). The maximum absolute atomic E-state index is 10.5. The minimum absolute atomic E-state index is 0.0443. The Kier molecular flexibility index (Phi) is 4.84. The van der Waals surface area contributed by atoms with E-state index >= 15 is 0 Å². The first-order chi connectivity index (χ1) is 9.93. The standard InChI is InChI=1S/C16H27N3O2/c1-5-6-16(10-20)7-8-19(9-14(16)21)15-17-12(3)11(2)13(4)18-15/h14,20-21H,5-10H2,1-4H3/t14-,16-/m1/s1. The Morgan fingerprint density at radius 3 is 2.33 bits per heavy atom. The van der Waals surface area contributed by atoms with Gasteiger partial charge in [-0.05, 0) is 39.2 Å². The molecule has 1 saturated heterocycles. The molecule has 5 heteroatoms. The molecule has 0 bridgehead atoms. The molecule has 1 aromatic heterocycles. The Labute approximate surface area is 127 Å². The van der Waals surface area contributed by atoms with Crippen molar-refractivity contribution >= 4 is 5.95 Å². The number of anilines is 1. The minimum atomic E-state index is -0.540. The predicted octanol–water partition coefficient (Wildman–Crippen LogP) is 1.75. The van der Waals surface area contributed by atoms with E-state index in [-0.39, 0.29) is 12.0 Å². The molecule has 2 atom stereocenters. The van der Waals surface area contributed by atoms with E-state index in [9.17, 15) is 10.2 Å². The molecule has 2 heterocycles. The Morgan fingerprint density at radius 1 is 1.24 bits per heavy atom. The van der Waals surface area contributed by atoms with Crippen molar-refractivity contribution < 1.29 is 10.2 Å². The number of rotatable bonds is 4. The summed E-state index contributed by atoms with van der Waals surface area (Å²) in [5.74, 6) is 0.692. The molecule has 1 aromatic rings. The molecule has 0 aromatic carbocycles. The predicted molar refractivity (Wildman–Crippen MR) is 83.5 cm³/mol. The van der Waals surface area contributed by atoms with Gasteiger partial charge in [-0.15, -0.1) is 0 Å². The largest absolute Gasteiger partial charge is 0.396 e. The first-order valence-corrected chi connectivity index (χ1v) is 7.79. The lowest BCUT2D eigenvalue weighted by molar-refractivity contribution is -0.0373. The van der Waals surface area contributed by atoms with Gasteiger partial charge in [0.2, 0.25) is 5.95 Å². The van der Waals surface area contributed by atoms with Crippen molar-refractivity contribution in [2.45, 2.75) is 53.1 Å². The van der Waals surface area contributed by atoms with Crippen LogP contribution in [0.1, 0.15) is 43.1 Å². The van der Waals surface area contributed by atoms with Gasteiger partial charge < -0.3 is 15.1 Å². The fourth-order valence-corrected chi connectivity index (χ4v) is 3.15. The Bertz CT molecular complexity index is 483. The third kappa shape index (κ3) is 3.04. The average Bonchev–Trinajstić information content (AvgIpc) is 2.46. The van der Waals surface area contributed by atoms with Gasteiger partial charge in [0.15, 0.2) is 0 Å². The molecule has 1 fully saturated rings. The van der Waals surface area contributed by atoms with E-state index in [0.717, 1.165) is 42.8 Å². The van der Waals surface area contributed by atoms with Crippen LogP contribution in [0.25, 0.3) is 0 Å². The number of hydrogen-bond acceptors (Lipinski definition) is 5. The maximum atomic E-state index is 10.5. The molecule has 5 nitrogen and oxygen atoms in total. The summed E-state index contributed by atoms with van der Waals surface area (Å²) in [4.78, 5) is 11.1. The first kappa shape index (κ1) is 16.2.